The number of fused-ring (bicyclic) bond motifs is 1. The van der Waals surface area contributed by atoms with Crippen molar-refractivity contribution < 1.29 is 14.3 Å². The van der Waals surface area contributed by atoms with Crippen LogP contribution in [0.3, 0.4) is 0 Å². The minimum Gasteiger partial charge on any atom is -0.493 e. The van der Waals surface area contributed by atoms with E-state index in [0.29, 0.717) is 31.2 Å². The van der Waals surface area contributed by atoms with Crippen LogP contribution in [0, 0.1) is 0 Å². The van der Waals surface area contributed by atoms with Crippen LogP contribution < -0.4 is 20.1 Å². The van der Waals surface area contributed by atoms with E-state index in [1.54, 1.807) is 7.11 Å². The van der Waals surface area contributed by atoms with Gasteiger partial charge in [-0.1, -0.05) is 30.3 Å². The zero-order chi connectivity index (χ0) is 18.2. The van der Waals surface area contributed by atoms with Crippen molar-refractivity contribution in [1.29, 1.82) is 0 Å². The zero-order valence-corrected chi connectivity index (χ0v) is 14.7. The number of para-hydroxylation sites is 3. The molecule has 1 aromatic heterocycles. The maximum Gasteiger partial charge on any atom is 0.314 e. The van der Waals surface area contributed by atoms with Gasteiger partial charge in [0, 0.05) is 23.6 Å². The highest BCUT2D eigenvalue weighted by molar-refractivity contribution is 5.83. The topological polar surface area (TPSA) is 75.4 Å². The molecule has 3 N–H and O–H groups in total. The lowest BCUT2D eigenvalue weighted by Gasteiger charge is -2.11. The summed E-state index contributed by atoms with van der Waals surface area (Å²) in [6.07, 6.45) is 2.76. The van der Waals surface area contributed by atoms with E-state index in [-0.39, 0.29) is 6.03 Å². The first-order chi connectivity index (χ1) is 12.8. The van der Waals surface area contributed by atoms with Crippen LogP contribution in [0.25, 0.3) is 10.9 Å². The summed E-state index contributed by atoms with van der Waals surface area (Å²) in [6, 6.07) is 15.4. The molecule has 0 saturated heterocycles. The van der Waals surface area contributed by atoms with Gasteiger partial charge in [0.15, 0.2) is 11.5 Å². The van der Waals surface area contributed by atoms with Gasteiger partial charge in [0.2, 0.25) is 0 Å². The van der Waals surface area contributed by atoms with E-state index in [9.17, 15) is 4.79 Å². The predicted octanol–water partition coefficient (Wildman–Crippen LogP) is 3.10. The second-order valence-corrected chi connectivity index (χ2v) is 5.79. The van der Waals surface area contributed by atoms with Gasteiger partial charge in [-0.3, -0.25) is 0 Å². The number of carbonyl (C=O) groups excluding carboxylic acids is 1. The number of aromatic nitrogens is 1. The molecule has 0 aliphatic rings. The Bertz CT molecular complexity index is 860. The molecule has 6 heteroatoms. The Kier molecular flexibility index (Phi) is 5.98. The lowest BCUT2D eigenvalue weighted by Crippen LogP contribution is -2.38. The first kappa shape index (κ1) is 17.7. The van der Waals surface area contributed by atoms with E-state index < -0.39 is 0 Å². The van der Waals surface area contributed by atoms with Crippen molar-refractivity contribution in [2.75, 3.05) is 26.8 Å². The van der Waals surface area contributed by atoms with Crippen molar-refractivity contribution in [3.05, 3.63) is 60.3 Å². The third-order valence-corrected chi connectivity index (χ3v) is 4.07. The minimum atomic E-state index is -0.200. The molecule has 0 radical (unpaired) electrons. The minimum absolute atomic E-state index is 0.200. The predicted molar refractivity (Wildman–Crippen MR) is 102 cm³/mol. The van der Waals surface area contributed by atoms with E-state index >= 15 is 0 Å². The number of ether oxygens (including phenoxy) is 2. The number of amides is 2. The summed E-state index contributed by atoms with van der Waals surface area (Å²) in [6.45, 7) is 1.36. The van der Waals surface area contributed by atoms with Gasteiger partial charge < -0.3 is 25.1 Å². The summed E-state index contributed by atoms with van der Waals surface area (Å²) in [5, 5.41) is 6.84. The summed E-state index contributed by atoms with van der Waals surface area (Å²) in [4.78, 5) is 15.1. The van der Waals surface area contributed by atoms with Gasteiger partial charge in [-0.15, -0.1) is 0 Å². The van der Waals surface area contributed by atoms with Crippen LogP contribution in [0.2, 0.25) is 0 Å². The molecule has 136 valence electrons. The van der Waals surface area contributed by atoms with Crippen molar-refractivity contribution >= 4 is 16.9 Å². The number of H-pyrrole nitrogens is 1. The Morgan fingerprint density at radius 2 is 1.73 bits per heavy atom. The quantitative estimate of drug-likeness (QED) is 0.545. The molecular weight excluding hydrogens is 330 g/mol. The van der Waals surface area contributed by atoms with Gasteiger partial charge in [0.25, 0.3) is 0 Å². The highest BCUT2D eigenvalue weighted by atomic mass is 16.5. The second-order valence-electron chi connectivity index (χ2n) is 5.79. The Labute approximate surface area is 152 Å². The van der Waals surface area contributed by atoms with Gasteiger partial charge in [0.1, 0.15) is 6.61 Å². The Morgan fingerprint density at radius 1 is 1.00 bits per heavy atom. The van der Waals surface area contributed by atoms with E-state index in [2.05, 4.69) is 21.7 Å². The molecule has 6 nitrogen and oxygen atoms in total. The summed E-state index contributed by atoms with van der Waals surface area (Å²) < 4.78 is 10.8. The Balaban J connectivity index is 1.35. The maximum absolute atomic E-state index is 11.9. The number of benzene rings is 2. The fourth-order valence-corrected chi connectivity index (χ4v) is 2.78. The normalized spacial score (nSPS) is 10.5. The van der Waals surface area contributed by atoms with Crippen LogP contribution in [0.15, 0.2) is 54.7 Å². The molecule has 0 aliphatic carbocycles. The van der Waals surface area contributed by atoms with Crippen molar-refractivity contribution in [2.45, 2.75) is 6.42 Å². The molecule has 0 bridgehead atoms. The first-order valence-corrected chi connectivity index (χ1v) is 8.60. The molecule has 3 aromatic rings. The lowest BCUT2D eigenvalue weighted by molar-refractivity contribution is 0.235. The SMILES string of the molecule is COc1ccccc1OCCNC(=O)NCCc1c[nH]c2ccccc12. The largest absolute Gasteiger partial charge is 0.493 e. The van der Waals surface area contributed by atoms with Gasteiger partial charge >= 0.3 is 6.03 Å². The number of urea groups is 1. The van der Waals surface area contributed by atoms with Crippen LogP contribution in [0.5, 0.6) is 11.5 Å². The summed E-state index contributed by atoms with van der Waals surface area (Å²) in [5.74, 6) is 1.34. The number of aromatic amines is 1. The zero-order valence-electron chi connectivity index (χ0n) is 14.7. The molecule has 0 fully saturated rings. The fourth-order valence-electron chi connectivity index (χ4n) is 2.78. The highest BCUT2D eigenvalue weighted by Crippen LogP contribution is 2.25. The van der Waals surface area contributed by atoms with Crippen LogP contribution in [-0.2, 0) is 6.42 Å². The molecule has 0 spiro atoms. The monoisotopic (exact) mass is 353 g/mol. The number of methoxy groups -OCH3 is 1. The van der Waals surface area contributed by atoms with E-state index in [4.69, 9.17) is 9.47 Å². The van der Waals surface area contributed by atoms with Crippen molar-refractivity contribution in [2.24, 2.45) is 0 Å². The number of nitrogens with one attached hydrogen (secondary N) is 3. The average Bonchev–Trinajstić information content (AvgIpc) is 3.09. The highest BCUT2D eigenvalue weighted by Gasteiger charge is 2.05. The molecule has 0 aliphatic heterocycles. The standard InChI is InChI=1S/C20H23N3O3/c1-25-18-8-4-5-9-19(18)26-13-12-22-20(24)21-11-10-15-14-23-17-7-3-2-6-16(15)17/h2-9,14,23H,10-13H2,1H3,(H2,21,22,24). The first-order valence-electron chi connectivity index (χ1n) is 8.60. The Hall–Kier alpha value is -3.15. The molecule has 0 unspecified atom stereocenters. The smallest absolute Gasteiger partial charge is 0.314 e. The van der Waals surface area contributed by atoms with Gasteiger partial charge in [-0.05, 0) is 30.2 Å². The Morgan fingerprint density at radius 3 is 2.58 bits per heavy atom. The van der Waals surface area contributed by atoms with Crippen LogP contribution in [-0.4, -0.2) is 37.8 Å². The molecule has 3 rings (SSSR count). The van der Waals surface area contributed by atoms with Crippen LogP contribution in [0.4, 0.5) is 4.79 Å². The van der Waals surface area contributed by atoms with E-state index in [0.717, 1.165) is 11.9 Å². The molecule has 2 aromatic carbocycles. The van der Waals surface area contributed by atoms with Gasteiger partial charge in [-0.25, -0.2) is 4.79 Å². The molecule has 26 heavy (non-hydrogen) atoms. The second kappa shape index (κ2) is 8.80. The summed E-state index contributed by atoms with van der Waals surface area (Å²) in [7, 11) is 1.60. The summed E-state index contributed by atoms with van der Waals surface area (Å²) >= 11 is 0. The number of hydrogen-bond donors (Lipinski definition) is 3. The number of hydrogen-bond acceptors (Lipinski definition) is 3. The third kappa shape index (κ3) is 4.47. The fraction of sp³-hybridized carbons (Fsp3) is 0.250. The van der Waals surface area contributed by atoms with Gasteiger partial charge in [-0.2, -0.15) is 0 Å². The third-order valence-electron chi connectivity index (χ3n) is 4.07. The van der Waals surface area contributed by atoms with Gasteiger partial charge in [0.05, 0.1) is 13.7 Å². The molecule has 2 amide bonds. The lowest BCUT2D eigenvalue weighted by atomic mass is 10.1. The number of rotatable bonds is 8. The van der Waals surface area contributed by atoms with Crippen molar-refractivity contribution in [1.82, 2.24) is 15.6 Å². The molecule has 0 saturated carbocycles. The molecular formula is C20H23N3O3. The van der Waals surface area contributed by atoms with Crippen LogP contribution in [0.1, 0.15) is 5.56 Å². The van der Waals surface area contributed by atoms with E-state index in [1.807, 2.05) is 48.7 Å². The molecule has 1 heterocycles. The van der Waals surface area contributed by atoms with Crippen molar-refractivity contribution in [3.63, 3.8) is 0 Å². The van der Waals surface area contributed by atoms with E-state index in [1.165, 1.54) is 10.9 Å². The maximum atomic E-state index is 11.9. The van der Waals surface area contributed by atoms with Crippen molar-refractivity contribution in [3.8, 4) is 11.5 Å². The number of carbonyl (C=O) groups is 1. The summed E-state index contributed by atoms with van der Waals surface area (Å²) in [5.41, 5.74) is 2.31. The average molecular weight is 353 g/mol. The van der Waals surface area contributed by atoms with Crippen LogP contribution >= 0.6 is 0 Å². The molecule has 0 atom stereocenters.